The third kappa shape index (κ3) is 7.19. The van der Waals surface area contributed by atoms with Crippen molar-refractivity contribution in [2.75, 3.05) is 44.2 Å². The average molecular weight is 511 g/mol. The van der Waals surface area contributed by atoms with Gasteiger partial charge in [-0.05, 0) is 30.3 Å². The molecular formula is C24H26ClF3N4O3. The molecule has 1 saturated heterocycles. The highest BCUT2D eigenvalue weighted by Gasteiger charge is 2.38. The first-order chi connectivity index (χ1) is 16.6. The standard InChI is InChI=1S/C24H26ClF3N4O3/c1-2-30-10-12-31(13-11-30)23(35)32(20-5-3-4-19(25)14-20)16-17-6-8-18(9-7-17)21(33)15-29-22(34)24(26,27)28/h3-9,14H,2,10-13,15-16H2,1H3,(H,29,34). The summed E-state index contributed by atoms with van der Waals surface area (Å²) < 4.78 is 36.9. The predicted molar refractivity (Wildman–Crippen MR) is 127 cm³/mol. The number of ketones is 1. The van der Waals surface area contributed by atoms with Crippen molar-refractivity contribution in [1.29, 1.82) is 0 Å². The van der Waals surface area contributed by atoms with Gasteiger partial charge in [0.15, 0.2) is 5.78 Å². The lowest BCUT2D eigenvalue weighted by atomic mass is 10.1. The van der Waals surface area contributed by atoms with Crippen molar-refractivity contribution < 1.29 is 27.6 Å². The largest absolute Gasteiger partial charge is 0.471 e. The summed E-state index contributed by atoms with van der Waals surface area (Å²) in [6, 6.07) is 12.9. The molecule has 0 bridgehead atoms. The van der Waals surface area contributed by atoms with Gasteiger partial charge in [0.2, 0.25) is 0 Å². The maximum absolute atomic E-state index is 13.4. The monoisotopic (exact) mass is 510 g/mol. The Morgan fingerprint density at radius 2 is 1.69 bits per heavy atom. The topological polar surface area (TPSA) is 73.0 Å². The molecule has 2 aromatic carbocycles. The number of urea groups is 1. The lowest BCUT2D eigenvalue weighted by Gasteiger charge is -2.37. The fourth-order valence-electron chi connectivity index (χ4n) is 3.68. The minimum atomic E-state index is -5.05. The van der Waals surface area contributed by atoms with E-state index in [0.29, 0.717) is 29.4 Å². The zero-order valence-corrected chi connectivity index (χ0v) is 19.9. The molecule has 3 rings (SSSR count). The average Bonchev–Trinajstić information content (AvgIpc) is 2.85. The van der Waals surface area contributed by atoms with Crippen molar-refractivity contribution >= 4 is 35.0 Å². The number of carbonyl (C=O) groups is 3. The molecule has 1 aliphatic heterocycles. The number of carbonyl (C=O) groups excluding carboxylic acids is 3. The van der Waals surface area contributed by atoms with E-state index >= 15 is 0 Å². The van der Waals surface area contributed by atoms with Gasteiger partial charge in [0.25, 0.3) is 0 Å². The van der Waals surface area contributed by atoms with E-state index in [0.717, 1.165) is 19.6 Å². The molecule has 0 radical (unpaired) electrons. The van der Waals surface area contributed by atoms with Crippen LogP contribution >= 0.6 is 11.6 Å². The second kappa shape index (κ2) is 11.5. The number of amides is 3. The fourth-order valence-corrected chi connectivity index (χ4v) is 3.87. The minimum Gasteiger partial charge on any atom is -0.341 e. The molecule has 11 heteroatoms. The van der Waals surface area contributed by atoms with Crippen molar-refractivity contribution in [2.45, 2.75) is 19.6 Å². The van der Waals surface area contributed by atoms with Crippen LogP contribution in [0.5, 0.6) is 0 Å². The van der Waals surface area contributed by atoms with Gasteiger partial charge in [-0.1, -0.05) is 48.9 Å². The molecule has 1 fully saturated rings. The van der Waals surface area contributed by atoms with Gasteiger partial charge in [0, 0.05) is 42.5 Å². The van der Waals surface area contributed by atoms with Crippen LogP contribution in [-0.2, 0) is 11.3 Å². The van der Waals surface area contributed by atoms with Crippen LogP contribution in [0.4, 0.5) is 23.7 Å². The molecule has 0 spiro atoms. The summed E-state index contributed by atoms with van der Waals surface area (Å²) in [5, 5.41) is 2.05. The number of Topliss-reactive ketones (excluding diaryl/α,β-unsaturated/α-hetero) is 1. The SMILES string of the molecule is CCN1CCN(C(=O)N(Cc2ccc(C(=O)CNC(=O)C(F)(F)F)cc2)c2cccc(Cl)c2)CC1. The highest BCUT2D eigenvalue weighted by Crippen LogP contribution is 2.24. The molecule has 2 aromatic rings. The summed E-state index contributed by atoms with van der Waals surface area (Å²) in [6.45, 7) is 5.20. The molecule has 0 aromatic heterocycles. The van der Waals surface area contributed by atoms with Gasteiger partial charge in [0.1, 0.15) is 0 Å². The Morgan fingerprint density at radius 3 is 2.26 bits per heavy atom. The Hall–Kier alpha value is -3.11. The van der Waals surface area contributed by atoms with Crippen molar-refractivity contribution in [1.82, 2.24) is 15.1 Å². The number of likely N-dealkylation sites (N-methyl/N-ethyl adjacent to an activating group) is 1. The first kappa shape index (κ1) is 26.5. The Balaban J connectivity index is 1.72. The quantitative estimate of drug-likeness (QED) is 0.572. The second-order valence-electron chi connectivity index (χ2n) is 8.07. The summed E-state index contributed by atoms with van der Waals surface area (Å²) >= 11 is 6.16. The molecule has 0 atom stereocenters. The zero-order valence-electron chi connectivity index (χ0n) is 19.1. The van der Waals surface area contributed by atoms with Gasteiger partial charge in [0.05, 0.1) is 13.1 Å². The summed E-state index contributed by atoms with van der Waals surface area (Å²) in [5.41, 5.74) is 1.48. The Labute approximate surface area is 206 Å². The van der Waals surface area contributed by atoms with Gasteiger partial charge in [-0.25, -0.2) is 4.79 Å². The van der Waals surface area contributed by atoms with E-state index in [9.17, 15) is 27.6 Å². The summed E-state index contributed by atoms with van der Waals surface area (Å²) in [7, 11) is 0. The molecule has 1 aliphatic rings. The number of nitrogens with one attached hydrogen (secondary N) is 1. The number of alkyl halides is 3. The molecule has 7 nitrogen and oxygen atoms in total. The van der Waals surface area contributed by atoms with Gasteiger partial charge >= 0.3 is 18.1 Å². The maximum atomic E-state index is 13.4. The number of rotatable bonds is 7. The molecule has 35 heavy (non-hydrogen) atoms. The molecular weight excluding hydrogens is 485 g/mol. The highest BCUT2D eigenvalue weighted by molar-refractivity contribution is 6.30. The van der Waals surface area contributed by atoms with Crippen molar-refractivity contribution in [3.63, 3.8) is 0 Å². The lowest BCUT2D eigenvalue weighted by Crippen LogP contribution is -2.52. The van der Waals surface area contributed by atoms with Gasteiger partial charge in [-0.3, -0.25) is 14.5 Å². The number of piperazine rings is 1. The third-order valence-corrected chi connectivity index (χ3v) is 5.96. The van der Waals surface area contributed by atoms with Crippen LogP contribution < -0.4 is 10.2 Å². The Bertz CT molecular complexity index is 1050. The van der Waals surface area contributed by atoms with E-state index in [1.165, 1.54) is 12.1 Å². The van der Waals surface area contributed by atoms with Crippen molar-refractivity contribution in [3.05, 3.63) is 64.7 Å². The lowest BCUT2D eigenvalue weighted by molar-refractivity contribution is -0.173. The maximum Gasteiger partial charge on any atom is 0.471 e. The number of halogens is 4. The molecule has 0 unspecified atom stereocenters. The van der Waals surface area contributed by atoms with E-state index in [2.05, 4.69) is 11.8 Å². The normalized spacial score (nSPS) is 14.5. The number of nitrogens with zero attached hydrogens (tertiary/aromatic N) is 3. The van der Waals surface area contributed by atoms with E-state index in [4.69, 9.17) is 11.6 Å². The minimum absolute atomic E-state index is 0.146. The number of hydrogen-bond acceptors (Lipinski definition) is 4. The molecule has 188 valence electrons. The van der Waals surface area contributed by atoms with Crippen LogP contribution in [0.2, 0.25) is 5.02 Å². The van der Waals surface area contributed by atoms with Gasteiger partial charge < -0.3 is 15.1 Å². The van der Waals surface area contributed by atoms with E-state index in [1.54, 1.807) is 51.5 Å². The van der Waals surface area contributed by atoms with Crippen LogP contribution in [0.3, 0.4) is 0 Å². The van der Waals surface area contributed by atoms with Crippen molar-refractivity contribution in [2.24, 2.45) is 0 Å². The summed E-state index contributed by atoms with van der Waals surface area (Å²) in [6.07, 6.45) is -5.05. The fraction of sp³-hybridized carbons (Fsp3) is 0.375. The number of anilines is 1. The van der Waals surface area contributed by atoms with Crippen LogP contribution in [-0.4, -0.2) is 73.0 Å². The Kier molecular flexibility index (Phi) is 8.74. The van der Waals surface area contributed by atoms with Crippen molar-refractivity contribution in [3.8, 4) is 0 Å². The third-order valence-electron chi connectivity index (χ3n) is 5.72. The molecule has 0 saturated carbocycles. The zero-order chi connectivity index (χ0) is 25.6. The van der Waals surface area contributed by atoms with Gasteiger partial charge in [-0.2, -0.15) is 13.2 Å². The first-order valence-electron chi connectivity index (χ1n) is 11.1. The van der Waals surface area contributed by atoms with Gasteiger partial charge in [-0.15, -0.1) is 0 Å². The number of hydrogen-bond donors (Lipinski definition) is 1. The van der Waals surface area contributed by atoms with E-state index in [1.807, 2.05) is 0 Å². The van der Waals surface area contributed by atoms with Crippen LogP contribution in [0.1, 0.15) is 22.8 Å². The molecule has 1 heterocycles. The molecule has 0 aliphatic carbocycles. The second-order valence-corrected chi connectivity index (χ2v) is 8.51. The number of benzene rings is 2. The molecule has 3 amide bonds. The van der Waals surface area contributed by atoms with Crippen LogP contribution in [0.25, 0.3) is 0 Å². The van der Waals surface area contributed by atoms with E-state index in [-0.39, 0.29) is 18.1 Å². The summed E-state index contributed by atoms with van der Waals surface area (Å²) in [4.78, 5) is 42.2. The summed E-state index contributed by atoms with van der Waals surface area (Å²) in [5.74, 6) is -2.83. The van der Waals surface area contributed by atoms with Crippen LogP contribution in [0, 0.1) is 0 Å². The highest BCUT2D eigenvalue weighted by atomic mass is 35.5. The smallest absolute Gasteiger partial charge is 0.341 e. The van der Waals surface area contributed by atoms with E-state index < -0.39 is 24.4 Å². The first-order valence-corrected chi connectivity index (χ1v) is 11.5. The molecule has 1 N–H and O–H groups in total. The Morgan fingerprint density at radius 1 is 1.03 bits per heavy atom. The predicted octanol–water partition coefficient (Wildman–Crippen LogP) is 3.97. The van der Waals surface area contributed by atoms with Crippen LogP contribution in [0.15, 0.2) is 48.5 Å².